The SMILES string of the molecule is CCCCCCCCCCCCOC(C)[O]. The van der Waals surface area contributed by atoms with Gasteiger partial charge < -0.3 is 4.74 Å². The molecule has 0 aliphatic heterocycles. The highest BCUT2D eigenvalue weighted by molar-refractivity contribution is 4.47. The molecule has 0 rings (SSSR count). The summed E-state index contributed by atoms with van der Waals surface area (Å²) >= 11 is 0. The molecule has 0 aromatic rings. The number of unbranched alkanes of at least 4 members (excludes halogenated alkanes) is 9. The zero-order chi connectivity index (χ0) is 12.1. The first-order chi connectivity index (χ1) is 7.77. The van der Waals surface area contributed by atoms with Crippen molar-refractivity contribution < 1.29 is 9.84 Å². The molecular formula is C14H29O2. The lowest BCUT2D eigenvalue weighted by Gasteiger charge is -2.04. The zero-order valence-electron chi connectivity index (χ0n) is 11.2. The molecule has 16 heavy (non-hydrogen) atoms. The minimum atomic E-state index is -0.849. The van der Waals surface area contributed by atoms with E-state index in [4.69, 9.17) is 4.74 Å². The van der Waals surface area contributed by atoms with E-state index in [0.717, 1.165) is 6.42 Å². The fourth-order valence-corrected chi connectivity index (χ4v) is 1.84. The average Bonchev–Trinajstić information content (AvgIpc) is 2.25. The Morgan fingerprint density at radius 3 is 1.69 bits per heavy atom. The molecule has 0 aliphatic carbocycles. The van der Waals surface area contributed by atoms with Crippen LogP contribution < -0.4 is 0 Å². The fraction of sp³-hybridized carbons (Fsp3) is 1.00. The molecule has 0 fully saturated rings. The minimum absolute atomic E-state index is 0.640. The highest BCUT2D eigenvalue weighted by Gasteiger charge is 1.96. The molecule has 0 spiro atoms. The summed E-state index contributed by atoms with van der Waals surface area (Å²) in [6.07, 6.45) is 12.4. The van der Waals surface area contributed by atoms with E-state index in [1.807, 2.05) is 0 Å². The lowest BCUT2D eigenvalue weighted by atomic mass is 10.1. The summed E-state index contributed by atoms with van der Waals surface area (Å²) in [4.78, 5) is 0. The van der Waals surface area contributed by atoms with Gasteiger partial charge in [0.1, 0.15) is 0 Å². The average molecular weight is 229 g/mol. The minimum Gasteiger partial charge on any atom is -0.350 e. The molecule has 0 heterocycles. The normalized spacial score (nSPS) is 12.9. The first-order valence-corrected chi connectivity index (χ1v) is 7.04. The zero-order valence-corrected chi connectivity index (χ0v) is 11.2. The van der Waals surface area contributed by atoms with E-state index in [-0.39, 0.29) is 0 Å². The van der Waals surface area contributed by atoms with Crippen molar-refractivity contribution in [2.24, 2.45) is 0 Å². The molecule has 0 saturated carbocycles. The molecule has 1 unspecified atom stereocenters. The maximum absolute atomic E-state index is 10.6. The summed E-state index contributed by atoms with van der Waals surface area (Å²) in [7, 11) is 0. The maximum atomic E-state index is 10.6. The molecular weight excluding hydrogens is 200 g/mol. The van der Waals surface area contributed by atoms with Gasteiger partial charge >= 0.3 is 0 Å². The van der Waals surface area contributed by atoms with Crippen molar-refractivity contribution in [2.45, 2.75) is 84.3 Å². The van der Waals surface area contributed by atoms with Gasteiger partial charge in [-0.1, -0.05) is 64.7 Å². The Hall–Kier alpha value is -0.0800. The van der Waals surface area contributed by atoms with Crippen LogP contribution in [0.15, 0.2) is 0 Å². The molecule has 0 N–H and O–H groups in total. The molecule has 97 valence electrons. The third-order valence-corrected chi connectivity index (χ3v) is 2.85. The van der Waals surface area contributed by atoms with Gasteiger partial charge in [-0.15, -0.1) is 0 Å². The highest BCUT2D eigenvalue weighted by atomic mass is 16.6. The summed E-state index contributed by atoms with van der Waals surface area (Å²) < 4.78 is 4.96. The third-order valence-electron chi connectivity index (χ3n) is 2.85. The summed E-state index contributed by atoms with van der Waals surface area (Å²) in [6.45, 7) is 4.45. The van der Waals surface area contributed by atoms with Gasteiger partial charge in [-0.25, -0.2) is 5.11 Å². The van der Waals surface area contributed by atoms with Crippen molar-refractivity contribution in [3.05, 3.63) is 0 Å². The molecule has 0 aromatic carbocycles. The molecule has 0 bridgehead atoms. The molecule has 1 atom stereocenters. The predicted molar refractivity (Wildman–Crippen MR) is 67.9 cm³/mol. The Morgan fingerprint density at radius 2 is 1.25 bits per heavy atom. The Balaban J connectivity index is 2.88. The molecule has 2 heteroatoms. The lowest BCUT2D eigenvalue weighted by molar-refractivity contribution is -0.127. The number of rotatable bonds is 12. The summed E-state index contributed by atoms with van der Waals surface area (Å²) in [5, 5.41) is 10.6. The van der Waals surface area contributed by atoms with Crippen LogP contribution in [0.4, 0.5) is 0 Å². The summed E-state index contributed by atoms with van der Waals surface area (Å²) in [6, 6.07) is 0. The van der Waals surface area contributed by atoms with E-state index < -0.39 is 6.29 Å². The van der Waals surface area contributed by atoms with Gasteiger partial charge in [-0.05, 0) is 13.3 Å². The van der Waals surface area contributed by atoms with E-state index in [1.165, 1.54) is 57.8 Å². The maximum Gasteiger partial charge on any atom is 0.188 e. The van der Waals surface area contributed by atoms with E-state index in [2.05, 4.69) is 6.92 Å². The molecule has 2 nitrogen and oxygen atoms in total. The van der Waals surface area contributed by atoms with Gasteiger partial charge in [0.25, 0.3) is 0 Å². The monoisotopic (exact) mass is 229 g/mol. The van der Waals surface area contributed by atoms with Crippen LogP contribution in [0, 0.1) is 0 Å². The molecule has 0 aromatic heterocycles. The Labute approximate surface area is 101 Å². The van der Waals surface area contributed by atoms with E-state index >= 15 is 0 Å². The number of hydrogen-bond acceptors (Lipinski definition) is 1. The smallest absolute Gasteiger partial charge is 0.188 e. The molecule has 0 amide bonds. The molecule has 0 saturated heterocycles. The first-order valence-electron chi connectivity index (χ1n) is 7.04. The second-order valence-electron chi connectivity index (χ2n) is 4.62. The third kappa shape index (κ3) is 13.9. The summed E-state index contributed by atoms with van der Waals surface area (Å²) in [5.41, 5.74) is 0. The van der Waals surface area contributed by atoms with Crippen molar-refractivity contribution in [2.75, 3.05) is 6.61 Å². The van der Waals surface area contributed by atoms with Gasteiger partial charge in [0.05, 0.1) is 0 Å². The van der Waals surface area contributed by atoms with Crippen LogP contribution in [-0.4, -0.2) is 12.9 Å². The lowest BCUT2D eigenvalue weighted by Crippen LogP contribution is -2.05. The van der Waals surface area contributed by atoms with Gasteiger partial charge in [-0.2, -0.15) is 0 Å². The van der Waals surface area contributed by atoms with Crippen LogP contribution in [0.25, 0.3) is 0 Å². The Bertz CT molecular complexity index is 124. The summed E-state index contributed by atoms with van der Waals surface area (Å²) in [5.74, 6) is 0. The van der Waals surface area contributed by atoms with Crippen molar-refractivity contribution in [1.82, 2.24) is 0 Å². The van der Waals surface area contributed by atoms with Crippen LogP contribution in [-0.2, 0) is 9.84 Å². The Kier molecular flexibility index (Phi) is 12.9. The fourth-order valence-electron chi connectivity index (χ4n) is 1.84. The van der Waals surface area contributed by atoms with Gasteiger partial charge in [-0.3, -0.25) is 0 Å². The van der Waals surface area contributed by atoms with Gasteiger partial charge in [0.2, 0.25) is 0 Å². The van der Waals surface area contributed by atoms with Crippen LogP contribution in [0.1, 0.15) is 78.1 Å². The standard InChI is InChI=1S/C14H29O2/c1-3-4-5-6-7-8-9-10-11-12-13-16-14(2)15/h14H,3-13H2,1-2H3. The number of hydrogen-bond donors (Lipinski definition) is 0. The Morgan fingerprint density at radius 1 is 0.812 bits per heavy atom. The van der Waals surface area contributed by atoms with Crippen LogP contribution in [0.3, 0.4) is 0 Å². The number of ether oxygens (including phenoxy) is 1. The molecule has 1 radical (unpaired) electrons. The first kappa shape index (κ1) is 15.9. The van der Waals surface area contributed by atoms with Crippen LogP contribution in [0.2, 0.25) is 0 Å². The van der Waals surface area contributed by atoms with E-state index in [0.29, 0.717) is 6.61 Å². The largest absolute Gasteiger partial charge is 0.350 e. The van der Waals surface area contributed by atoms with E-state index in [1.54, 1.807) is 6.92 Å². The van der Waals surface area contributed by atoms with Gasteiger partial charge in [0.15, 0.2) is 6.29 Å². The quantitative estimate of drug-likeness (QED) is 0.352. The molecule has 0 aliphatic rings. The highest BCUT2D eigenvalue weighted by Crippen LogP contribution is 2.10. The second-order valence-corrected chi connectivity index (χ2v) is 4.62. The van der Waals surface area contributed by atoms with Crippen molar-refractivity contribution >= 4 is 0 Å². The van der Waals surface area contributed by atoms with Crippen molar-refractivity contribution in [3.8, 4) is 0 Å². The topological polar surface area (TPSA) is 29.1 Å². The van der Waals surface area contributed by atoms with E-state index in [9.17, 15) is 5.11 Å². The van der Waals surface area contributed by atoms with Gasteiger partial charge in [0, 0.05) is 6.61 Å². The van der Waals surface area contributed by atoms with Crippen molar-refractivity contribution in [3.63, 3.8) is 0 Å². The predicted octanol–water partition coefficient (Wildman–Crippen LogP) is 4.70. The second kappa shape index (κ2) is 13.0. The van der Waals surface area contributed by atoms with Crippen molar-refractivity contribution in [1.29, 1.82) is 0 Å². The van der Waals surface area contributed by atoms with Crippen LogP contribution in [0.5, 0.6) is 0 Å². The van der Waals surface area contributed by atoms with Crippen LogP contribution >= 0.6 is 0 Å².